The van der Waals surface area contributed by atoms with Gasteiger partial charge < -0.3 is 10.0 Å². The third-order valence-corrected chi connectivity index (χ3v) is 2.29. The number of hydrogen-bond donors (Lipinski definition) is 3. The number of nitrogens with two attached hydrogens (primary N) is 1. The third-order valence-electron chi connectivity index (χ3n) is 2.29. The van der Waals surface area contributed by atoms with Crippen molar-refractivity contribution in [2.45, 2.75) is 12.8 Å². The highest BCUT2D eigenvalue weighted by molar-refractivity contribution is 5.64. The molecule has 0 aromatic carbocycles. The van der Waals surface area contributed by atoms with Gasteiger partial charge in [0.15, 0.2) is 0 Å². The largest absolute Gasteiger partial charge is 0.465 e. The van der Waals surface area contributed by atoms with E-state index in [4.69, 9.17) is 10.9 Å². The fraction of sp³-hybridized carbons (Fsp3) is 0.857. The molecule has 1 aliphatic rings. The number of carbonyl (C=O) groups is 1. The minimum Gasteiger partial charge on any atom is -0.465 e. The van der Waals surface area contributed by atoms with E-state index in [9.17, 15) is 4.79 Å². The Bertz CT molecular complexity index is 155. The van der Waals surface area contributed by atoms with Crippen molar-refractivity contribution in [3.8, 4) is 0 Å². The fourth-order valence-electron chi connectivity index (χ4n) is 1.50. The van der Waals surface area contributed by atoms with Gasteiger partial charge in [-0.1, -0.05) is 0 Å². The van der Waals surface area contributed by atoms with E-state index in [1.165, 1.54) is 4.90 Å². The number of nitrogens with one attached hydrogen (secondary N) is 1. The van der Waals surface area contributed by atoms with Gasteiger partial charge in [0.1, 0.15) is 0 Å². The average molecular weight is 173 g/mol. The first kappa shape index (κ1) is 9.28. The summed E-state index contributed by atoms with van der Waals surface area (Å²) in [5.41, 5.74) is 2.62. The van der Waals surface area contributed by atoms with Crippen molar-refractivity contribution in [3.05, 3.63) is 0 Å². The van der Waals surface area contributed by atoms with Crippen LogP contribution in [0.15, 0.2) is 0 Å². The molecule has 1 aliphatic heterocycles. The first-order valence-electron chi connectivity index (χ1n) is 4.15. The van der Waals surface area contributed by atoms with E-state index >= 15 is 0 Å². The minimum atomic E-state index is -0.811. The van der Waals surface area contributed by atoms with Gasteiger partial charge >= 0.3 is 6.09 Å². The smallest absolute Gasteiger partial charge is 0.407 e. The Labute approximate surface area is 71.5 Å². The molecular weight excluding hydrogens is 158 g/mol. The number of amides is 1. The van der Waals surface area contributed by atoms with Crippen LogP contribution in [-0.2, 0) is 0 Å². The summed E-state index contributed by atoms with van der Waals surface area (Å²) >= 11 is 0. The highest BCUT2D eigenvalue weighted by atomic mass is 16.4. The highest BCUT2D eigenvalue weighted by Crippen LogP contribution is 2.15. The van der Waals surface area contributed by atoms with Crippen LogP contribution in [0.5, 0.6) is 0 Å². The van der Waals surface area contributed by atoms with Crippen molar-refractivity contribution in [1.82, 2.24) is 10.3 Å². The van der Waals surface area contributed by atoms with E-state index in [0.29, 0.717) is 19.0 Å². The molecule has 0 aromatic heterocycles. The lowest BCUT2D eigenvalue weighted by Crippen LogP contribution is -2.41. The van der Waals surface area contributed by atoms with Crippen molar-refractivity contribution in [3.63, 3.8) is 0 Å². The topological polar surface area (TPSA) is 78.6 Å². The molecule has 0 atom stereocenters. The van der Waals surface area contributed by atoms with Gasteiger partial charge in [-0.2, -0.15) is 0 Å². The van der Waals surface area contributed by atoms with Crippen LogP contribution in [0.25, 0.3) is 0 Å². The maximum absolute atomic E-state index is 10.5. The molecule has 70 valence electrons. The molecule has 0 radical (unpaired) electrons. The standard InChI is InChI=1S/C7H15N3O2/c8-9-5-6-1-3-10(4-2-6)7(11)12/h6,9H,1-5,8H2,(H,11,12). The first-order valence-corrected chi connectivity index (χ1v) is 4.15. The molecule has 5 heteroatoms. The van der Waals surface area contributed by atoms with Gasteiger partial charge in [0.05, 0.1) is 0 Å². The molecule has 12 heavy (non-hydrogen) atoms. The Kier molecular flexibility index (Phi) is 3.31. The van der Waals surface area contributed by atoms with E-state index in [1.54, 1.807) is 0 Å². The molecular formula is C7H15N3O2. The van der Waals surface area contributed by atoms with Gasteiger partial charge in [0, 0.05) is 19.6 Å². The molecule has 1 amide bonds. The lowest BCUT2D eigenvalue weighted by atomic mass is 9.97. The Morgan fingerprint density at radius 3 is 2.58 bits per heavy atom. The van der Waals surface area contributed by atoms with Gasteiger partial charge in [-0.3, -0.25) is 11.3 Å². The molecule has 0 aromatic rings. The molecule has 1 saturated heterocycles. The van der Waals surface area contributed by atoms with Crippen molar-refractivity contribution in [1.29, 1.82) is 0 Å². The number of piperidine rings is 1. The van der Waals surface area contributed by atoms with Crippen LogP contribution >= 0.6 is 0 Å². The van der Waals surface area contributed by atoms with Crippen LogP contribution in [-0.4, -0.2) is 35.7 Å². The van der Waals surface area contributed by atoms with Crippen LogP contribution in [0.3, 0.4) is 0 Å². The number of rotatable bonds is 2. The van der Waals surface area contributed by atoms with Crippen molar-refractivity contribution in [2.24, 2.45) is 11.8 Å². The Balaban J connectivity index is 2.25. The summed E-state index contributed by atoms with van der Waals surface area (Å²) in [6, 6.07) is 0. The Morgan fingerprint density at radius 2 is 2.17 bits per heavy atom. The summed E-state index contributed by atoms with van der Waals surface area (Å²) in [6.07, 6.45) is 1.02. The zero-order chi connectivity index (χ0) is 8.97. The van der Waals surface area contributed by atoms with Crippen molar-refractivity contribution >= 4 is 6.09 Å². The second-order valence-electron chi connectivity index (χ2n) is 3.12. The molecule has 4 N–H and O–H groups in total. The average Bonchev–Trinajstić information content (AvgIpc) is 2.06. The van der Waals surface area contributed by atoms with E-state index in [0.717, 1.165) is 19.4 Å². The van der Waals surface area contributed by atoms with E-state index in [2.05, 4.69) is 5.43 Å². The van der Waals surface area contributed by atoms with Crippen LogP contribution in [0, 0.1) is 5.92 Å². The number of carboxylic acid groups (broad SMARTS) is 1. The summed E-state index contributed by atoms with van der Waals surface area (Å²) in [5.74, 6) is 5.71. The zero-order valence-corrected chi connectivity index (χ0v) is 6.99. The normalized spacial score (nSPS) is 19.6. The van der Waals surface area contributed by atoms with E-state index in [1.807, 2.05) is 0 Å². The van der Waals surface area contributed by atoms with Gasteiger partial charge in [-0.15, -0.1) is 0 Å². The van der Waals surface area contributed by atoms with Gasteiger partial charge in [-0.25, -0.2) is 4.79 Å². The molecule has 0 saturated carbocycles. The van der Waals surface area contributed by atoms with Crippen molar-refractivity contribution < 1.29 is 9.90 Å². The summed E-state index contributed by atoms with van der Waals surface area (Å²) in [7, 11) is 0. The molecule has 1 heterocycles. The number of hydrazine groups is 1. The predicted molar refractivity (Wildman–Crippen MR) is 44.5 cm³/mol. The lowest BCUT2D eigenvalue weighted by Gasteiger charge is -2.29. The maximum atomic E-state index is 10.5. The van der Waals surface area contributed by atoms with E-state index in [-0.39, 0.29) is 0 Å². The van der Waals surface area contributed by atoms with Gasteiger partial charge in [0.25, 0.3) is 0 Å². The first-order chi connectivity index (χ1) is 5.74. The Hall–Kier alpha value is -0.810. The predicted octanol–water partition coefficient (Wildman–Crippen LogP) is -0.160. The highest BCUT2D eigenvalue weighted by Gasteiger charge is 2.21. The lowest BCUT2D eigenvalue weighted by molar-refractivity contribution is 0.124. The molecule has 1 fully saturated rings. The van der Waals surface area contributed by atoms with Crippen molar-refractivity contribution in [2.75, 3.05) is 19.6 Å². The molecule has 0 unspecified atom stereocenters. The molecule has 0 spiro atoms. The number of nitrogens with zero attached hydrogens (tertiary/aromatic N) is 1. The number of likely N-dealkylation sites (tertiary alicyclic amines) is 1. The Morgan fingerprint density at radius 1 is 1.58 bits per heavy atom. The minimum absolute atomic E-state index is 0.533. The summed E-state index contributed by atoms with van der Waals surface area (Å²) in [4.78, 5) is 12.0. The second-order valence-corrected chi connectivity index (χ2v) is 3.12. The van der Waals surface area contributed by atoms with Crippen LogP contribution < -0.4 is 11.3 Å². The van der Waals surface area contributed by atoms with Crippen LogP contribution in [0.4, 0.5) is 4.79 Å². The second kappa shape index (κ2) is 4.27. The summed E-state index contributed by atoms with van der Waals surface area (Å²) < 4.78 is 0. The van der Waals surface area contributed by atoms with E-state index < -0.39 is 6.09 Å². The zero-order valence-electron chi connectivity index (χ0n) is 6.99. The monoisotopic (exact) mass is 173 g/mol. The van der Waals surface area contributed by atoms with Crippen LogP contribution in [0.2, 0.25) is 0 Å². The fourth-order valence-corrected chi connectivity index (χ4v) is 1.50. The molecule has 0 bridgehead atoms. The quantitative estimate of drug-likeness (QED) is 0.400. The number of hydrogen-bond acceptors (Lipinski definition) is 3. The molecule has 1 rings (SSSR count). The summed E-state index contributed by atoms with van der Waals surface area (Å²) in [5, 5.41) is 8.64. The third kappa shape index (κ3) is 2.35. The van der Waals surface area contributed by atoms with Gasteiger partial charge in [-0.05, 0) is 18.8 Å². The summed E-state index contributed by atoms with van der Waals surface area (Å²) in [6.45, 7) is 2.07. The van der Waals surface area contributed by atoms with Crippen LogP contribution in [0.1, 0.15) is 12.8 Å². The molecule has 5 nitrogen and oxygen atoms in total. The van der Waals surface area contributed by atoms with Gasteiger partial charge in [0.2, 0.25) is 0 Å². The SMILES string of the molecule is NNCC1CCN(C(=O)O)CC1. The molecule has 0 aliphatic carbocycles. The maximum Gasteiger partial charge on any atom is 0.407 e.